The topological polar surface area (TPSA) is 111 Å². The summed E-state index contributed by atoms with van der Waals surface area (Å²) >= 11 is 1.34. The predicted molar refractivity (Wildman–Crippen MR) is 129 cm³/mol. The van der Waals surface area contributed by atoms with E-state index in [2.05, 4.69) is 10.6 Å². The number of nitro benzene ring substituents is 1. The number of carbonyl (C=O) groups excluding carboxylic acids is 2. The van der Waals surface area contributed by atoms with Crippen molar-refractivity contribution in [2.75, 3.05) is 17.7 Å². The van der Waals surface area contributed by atoms with Gasteiger partial charge in [0.05, 0.1) is 23.0 Å². The van der Waals surface area contributed by atoms with E-state index in [1.165, 1.54) is 23.9 Å². The number of ether oxygens (including phenoxy) is 1. The second kappa shape index (κ2) is 10.6. The highest BCUT2D eigenvalue weighted by Crippen LogP contribution is 2.27. The molecule has 0 aliphatic carbocycles. The van der Waals surface area contributed by atoms with Gasteiger partial charge in [-0.15, -0.1) is 11.8 Å². The highest BCUT2D eigenvalue weighted by atomic mass is 32.2. The van der Waals surface area contributed by atoms with Crippen molar-refractivity contribution in [1.29, 1.82) is 0 Å². The van der Waals surface area contributed by atoms with Gasteiger partial charge >= 0.3 is 0 Å². The number of non-ortho nitro benzene ring substituents is 1. The number of carbonyl (C=O) groups is 2. The first-order valence-corrected chi connectivity index (χ1v) is 10.9. The van der Waals surface area contributed by atoms with Crippen molar-refractivity contribution in [2.45, 2.75) is 24.0 Å². The number of benzene rings is 3. The van der Waals surface area contributed by atoms with Crippen LogP contribution in [0.2, 0.25) is 0 Å². The minimum Gasteiger partial charge on any atom is -0.497 e. The molecule has 1 atom stereocenters. The molecule has 8 nitrogen and oxygen atoms in total. The molecule has 2 amide bonds. The molecule has 1 unspecified atom stereocenters. The van der Waals surface area contributed by atoms with E-state index >= 15 is 0 Å². The normalized spacial score (nSPS) is 11.4. The standard InChI is InChI=1S/C24H23N3O5S/c1-15-4-9-19(27(30)31)14-22(15)26-23(28)16(2)33-21-12-7-18(8-13-21)25-24(29)17-5-10-20(32-3)11-6-17/h4-14,16H,1-3H3,(H,25,29)(H,26,28). The number of anilines is 2. The summed E-state index contributed by atoms with van der Waals surface area (Å²) in [6.07, 6.45) is 0. The Bertz CT molecular complexity index is 1160. The molecule has 0 saturated carbocycles. The Labute approximate surface area is 195 Å². The molecular formula is C24H23N3O5S. The summed E-state index contributed by atoms with van der Waals surface area (Å²) in [5.41, 5.74) is 2.21. The van der Waals surface area contributed by atoms with Gasteiger partial charge in [0.25, 0.3) is 11.6 Å². The first-order chi connectivity index (χ1) is 15.8. The second-order valence-electron chi connectivity index (χ2n) is 7.21. The summed E-state index contributed by atoms with van der Waals surface area (Å²) in [5.74, 6) is 0.172. The van der Waals surface area contributed by atoms with Crippen molar-refractivity contribution in [1.82, 2.24) is 0 Å². The SMILES string of the molecule is COc1ccc(C(=O)Nc2ccc(SC(C)C(=O)Nc3cc([N+](=O)[O-])ccc3C)cc2)cc1. The molecule has 0 saturated heterocycles. The van der Waals surface area contributed by atoms with Crippen LogP contribution < -0.4 is 15.4 Å². The van der Waals surface area contributed by atoms with Gasteiger partial charge in [-0.25, -0.2) is 0 Å². The Morgan fingerprint density at radius 1 is 1.00 bits per heavy atom. The van der Waals surface area contributed by atoms with Crippen molar-refractivity contribution in [3.63, 3.8) is 0 Å². The smallest absolute Gasteiger partial charge is 0.271 e. The molecule has 0 radical (unpaired) electrons. The summed E-state index contributed by atoms with van der Waals surface area (Å²) < 4.78 is 5.09. The molecule has 3 aromatic rings. The van der Waals surface area contributed by atoms with Gasteiger partial charge in [-0.2, -0.15) is 0 Å². The molecule has 0 heterocycles. The molecule has 0 aliphatic rings. The quantitative estimate of drug-likeness (QED) is 0.266. The van der Waals surface area contributed by atoms with E-state index in [1.807, 2.05) is 12.1 Å². The van der Waals surface area contributed by atoms with Gasteiger partial charge in [0.1, 0.15) is 5.75 Å². The fraction of sp³-hybridized carbons (Fsp3) is 0.167. The van der Waals surface area contributed by atoms with E-state index in [0.29, 0.717) is 22.7 Å². The van der Waals surface area contributed by atoms with Crippen LogP contribution in [0.15, 0.2) is 71.6 Å². The number of hydrogen-bond acceptors (Lipinski definition) is 6. The number of methoxy groups -OCH3 is 1. The molecule has 170 valence electrons. The molecule has 3 rings (SSSR count). The third-order valence-electron chi connectivity index (χ3n) is 4.84. The van der Waals surface area contributed by atoms with Crippen LogP contribution in [0.1, 0.15) is 22.8 Å². The number of nitrogens with zero attached hydrogens (tertiary/aromatic N) is 1. The third-order valence-corrected chi connectivity index (χ3v) is 5.95. The molecule has 0 spiro atoms. The van der Waals surface area contributed by atoms with E-state index in [1.54, 1.807) is 63.4 Å². The largest absolute Gasteiger partial charge is 0.497 e. The van der Waals surface area contributed by atoms with Gasteiger partial charge in [-0.05, 0) is 67.9 Å². The molecule has 0 aromatic heterocycles. The minimum absolute atomic E-state index is 0.0801. The fourth-order valence-electron chi connectivity index (χ4n) is 2.91. The lowest BCUT2D eigenvalue weighted by atomic mass is 10.2. The zero-order valence-electron chi connectivity index (χ0n) is 18.3. The van der Waals surface area contributed by atoms with E-state index in [4.69, 9.17) is 4.74 Å². The Morgan fingerprint density at radius 3 is 2.27 bits per heavy atom. The average molecular weight is 466 g/mol. The number of thioether (sulfide) groups is 1. The van der Waals surface area contributed by atoms with E-state index < -0.39 is 10.2 Å². The Morgan fingerprint density at radius 2 is 1.67 bits per heavy atom. The number of amides is 2. The van der Waals surface area contributed by atoms with Crippen molar-refractivity contribution in [3.05, 3.63) is 88.0 Å². The first kappa shape index (κ1) is 23.8. The zero-order valence-corrected chi connectivity index (χ0v) is 19.1. The van der Waals surface area contributed by atoms with Crippen LogP contribution in [0.4, 0.5) is 17.1 Å². The number of nitro groups is 1. The minimum atomic E-state index is -0.498. The van der Waals surface area contributed by atoms with Gasteiger partial charge in [-0.3, -0.25) is 19.7 Å². The number of rotatable bonds is 8. The summed E-state index contributed by atoms with van der Waals surface area (Å²) in [5, 5.41) is 16.1. The van der Waals surface area contributed by atoms with Gasteiger partial charge in [0.15, 0.2) is 0 Å². The van der Waals surface area contributed by atoms with E-state index in [9.17, 15) is 19.7 Å². The van der Waals surface area contributed by atoms with Crippen LogP contribution in [0, 0.1) is 17.0 Å². The Kier molecular flexibility index (Phi) is 7.68. The monoisotopic (exact) mass is 465 g/mol. The van der Waals surface area contributed by atoms with Crippen LogP contribution in [0.5, 0.6) is 5.75 Å². The Balaban J connectivity index is 1.58. The van der Waals surface area contributed by atoms with Gasteiger partial charge in [-0.1, -0.05) is 6.07 Å². The lowest BCUT2D eigenvalue weighted by Crippen LogP contribution is -2.22. The van der Waals surface area contributed by atoms with E-state index in [0.717, 1.165) is 10.5 Å². The maximum absolute atomic E-state index is 12.6. The zero-order chi connectivity index (χ0) is 24.0. The molecule has 0 aliphatic heterocycles. The van der Waals surface area contributed by atoms with Gasteiger partial charge in [0.2, 0.25) is 5.91 Å². The summed E-state index contributed by atoms with van der Waals surface area (Å²) in [6.45, 7) is 3.53. The molecule has 0 fully saturated rings. The highest BCUT2D eigenvalue weighted by molar-refractivity contribution is 8.00. The summed E-state index contributed by atoms with van der Waals surface area (Å²) in [7, 11) is 1.56. The second-order valence-corrected chi connectivity index (χ2v) is 8.63. The molecule has 33 heavy (non-hydrogen) atoms. The molecule has 3 aromatic carbocycles. The average Bonchev–Trinajstić information content (AvgIpc) is 2.81. The number of aryl methyl sites for hydroxylation is 1. The first-order valence-electron chi connectivity index (χ1n) is 10.0. The molecular weight excluding hydrogens is 442 g/mol. The lowest BCUT2D eigenvalue weighted by molar-refractivity contribution is -0.384. The van der Waals surface area contributed by atoms with Crippen LogP contribution in [0.25, 0.3) is 0 Å². The maximum atomic E-state index is 12.6. The Hall–Kier alpha value is -3.85. The predicted octanol–water partition coefficient (Wildman–Crippen LogP) is 5.28. The van der Waals surface area contributed by atoms with Crippen LogP contribution in [0.3, 0.4) is 0 Å². The van der Waals surface area contributed by atoms with Crippen LogP contribution in [-0.4, -0.2) is 29.1 Å². The van der Waals surface area contributed by atoms with Crippen LogP contribution in [-0.2, 0) is 4.79 Å². The van der Waals surface area contributed by atoms with Crippen molar-refractivity contribution in [2.24, 2.45) is 0 Å². The van der Waals surface area contributed by atoms with Gasteiger partial charge in [0, 0.05) is 28.3 Å². The number of nitrogens with one attached hydrogen (secondary N) is 2. The van der Waals surface area contributed by atoms with Gasteiger partial charge < -0.3 is 15.4 Å². The van der Waals surface area contributed by atoms with Crippen molar-refractivity contribution < 1.29 is 19.2 Å². The van der Waals surface area contributed by atoms with E-state index in [-0.39, 0.29) is 17.5 Å². The van der Waals surface area contributed by atoms with Crippen molar-refractivity contribution in [3.8, 4) is 5.75 Å². The molecule has 0 bridgehead atoms. The molecule has 9 heteroatoms. The third kappa shape index (κ3) is 6.33. The molecule has 2 N–H and O–H groups in total. The fourth-order valence-corrected chi connectivity index (χ4v) is 3.78. The number of hydrogen-bond donors (Lipinski definition) is 2. The summed E-state index contributed by atoms with van der Waals surface area (Å²) in [6, 6.07) is 18.3. The maximum Gasteiger partial charge on any atom is 0.271 e. The highest BCUT2D eigenvalue weighted by Gasteiger charge is 2.17. The van der Waals surface area contributed by atoms with Crippen LogP contribution >= 0.6 is 11.8 Å². The lowest BCUT2D eigenvalue weighted by Gasteiger charge is -2.14. The van der Waals surface area contributed by atoms with Crippen molar-refractivity contribution >= 4 is 40.6 Å². The summed E-state index contributed by atoms with van der Waals surface area (Å²) in [4.78, 5) is 36.3.